The molecule has 3 nitrogen and oxygen atoms in total. The fourth-order valence-corrected chi connectivity index (χ4v) is 1.53. The zero-order chi connectivity index (χ0) is 13.3. The van der Waals surface area contributed by atoms with Gasteiger partial charge >= 0.3 is 0 Å². The number of nitrogens with two attached hydrogens (primary N) is 1. The highest BCUT2D eigenvalue weighted by molar-refractivity contribution is 9.10. The van der Waals surface area contributed by atoms with Gasteiger partial charge in [0.25, 0.3) is 0 Å². The number of nitrogens with zero attached hydrogens (tertiary/aromatic N) is 1. The third-order valence-corrected chi connectivity index (χ3v) is 3.10. The highest BCUT2D eigenvalue weighted by Crippen LogP contribution is 2.28. The van der Waals surface area contributed by atoms with Crippen molar-refractivity contribution < 1.29 is 13.5 Å². The number of hydrogen-bond donors (Lipinski definition) is 1. The van der Waals surface area contributed by atoms with Crippen LogP contribution in [0.25, 0.3) is 0 Å². The predicted octanol–water partition coefficient (Wildman–Crippen LogP) is 3.81. The second-order valence-electron chi connectivity index (χ2n) is 3.62. The van der Waals surface area contributed by atoms with Crippen LogP contribution >= 0.6 is 15.9 Å². The fourth-order valence-electron chi connectivity index (χ4n) is 1.31. The Morgan fingerprint density at radius 1 is 1.22 bits per heavy atom. The Bertz CT molecular complexity index is 605. The van der Waals surface area contributed by atoms with E-state index in [-0.39, 0.29) is 17.3 Å². The van der Waals surface area contributed by atoms with Crippen LogP contribution in [0.3, 0.4) is 0 Å². The lowest BCUT2D eigenvalue weighted by atomic mass is 10.3. The number of rotatable bonds is 2. The first-order valence-electron chi connectivity index (χ1n) is 5.03. The van der Waals surface area contributed by atoms with Crippen molar-refractivity contribution in [1.82, 2.24) is 4.98 Å². The molecule has 1 heterocycles. The maximum absolute atomic E-state index is 13.5. The van der Waals surface area contributed by atoms with E-state index in [1.54, 1.807) is 19.1 Å². The van der Waals surface area contributed by atoms with E-state index in [4.69, 9.17) is 10.5 Å². The fraction of sp³-hybridized carbons (Fsp3) is 0.0833. The summed E-state index contributed by atoms with van der Waals surface area (Å²) in [6.07, 6.45) is 0. The standard InChI is InChI=1S/C12H9BrF2N2O/c1-6-7(13)2-3-12(17-6)18-11-5-8(14)10(16)4-9(11)15/h2-5H,16H2,1H3. The Balaban J connectivity index is 2.34. The van der Waals surface area contributed by atoms with Gasteiger partial charge in [-0.3, -0.25) is 0 Å². The summed E-state index contributed by atoms with van der Waals surface area (Å²) in [5, 5.41) is 0. The molecule has 0 aliphatic carbocycles. The Labute approximate surface area is 111 Å². The molecule has 0 aliphatic heterocycles. The van der Waals surface area contributed by atoms with Crippen molar-refractivity contribution in [3.05, 3.63) is 46.1 Å². The normalized spacial score (nSPS) is 10.4. The van der Waals surface area contributed by atoms with Crippen LogP contribution in [0.2, 0.25) is 0 Å². The van der Waals surface area contributed by atoms with Crippen molar-refractivity contribution in [2.45, 2.75) is 6.92 Å². The second-order valence-corrected chi connectivity index (χ2v) is 4.48. The molecule has 0 saturated heterocycles. The van der Waals surface area contributed by atoms with Crippen LogP contribution in [-0.2, 0) is 0 Å². The van der Waals surface area contributed by atoms with Crippen molar-refractivity contribution in [1.29, 1.82) is 0 Å². The largest absolute Gasteiger partial charge is 0.436 e. The van der Waals surface area contributed by atoms with E-state index in [2.05, 4.69) is 20.9 Å². The van der Waals surface area contributed by atoms with Gasteiger partial charge in [0.2, 0.25) is 5.88 Å². The Morgan fingerprint density at radius 2 is 1.94 bits per heavy atom. The van der Waals surface area contributed by atoms with Gasteiger partial charge in [0.1, 0.15) is 5.82 Å². The van der Waals surface area contributed by atoms with E-state index in [0.29, 0.717) is 5.69 Å². The summed E-state index contributed by atoms with van der Waals surface area (Å²) in [5.41, 5.74) is 5.65. The second kappa shape index (κ2) is 4.89. The average Bonchev–Trinajstić information content (AvgIpc) is 2.31. The molecule has 0 unspecified atom stereocenters. The first-order chi connectivity index (χ1) is 8.47. The monoisotopic (exact) mass is 314 g/mol. The maximum atomic E-state index is 13.5. The lowest BCUT2D eigenvalue weighted by Crippen LogP contribution is -1.97. The smallest absolute Gasteiger partial charge is 0.219 e. The van der Waals surface area contributed by atoms with Gasteiger partial charge in [0.15, 0.2) is 11.6 Å². The Morgan fingerprint density at radius 3 is 2.61 bits per heavy atom. The number of pyridine rings is 1. The minimum absolute atomic E-state index is 0.179. The van der Waals surface area contributed by atoms with E-state index in [1.807, 2.05) is 0 Å². The average molecular weight is 315 g/mol. The number of ether oxygens (including phenoxy) is 1. The van der Waals surface area contributed by atoms with Crippen LogP contribution in [0.15, 0.2) is 28.7 Å². The van der Waals surface area contributed by atoms with Gasteiger partial charge in [-0.1, -0.05) is 0 Å². The zero-order valence-electron chi connectivity index (χ0n) is 9.38. The van der Waals surface area contributed by atoms with Gasteiger partial charge in [0, 0.05) is 22.7 Å². The first-order valence-corrected chi connectivity index (χ1v) is 5.82. The molecule has 0 atom stereocenters. The van der Waals surface area contributed by atoms with Crippen LogP contribution < -0.4 is 10.5 Å². The molecule has 0 fully saturated rings. The molecule has 2 aromatic rings. The highest BCUT2D eigenvalue weighted by Gasteiger charge is 2.11. The molecule has 0 radical (unpaired) electrons. The summed E-state index contributed by atoms with van der Waals surface area (Å²) in [4.78, 5) is 4.07. The molecule has 94 valence electrons. The topological polar surface area (TPSA) is 48.1 Å². The van der Waals surface area contributed by atoms with Gasteiger partial charge in [-0.05, 0) is 28.9 Å². The lowest BCUT2D eigenvalue weighted by Gasteiger charge is -2.08. The van der Waals surface area contributed by atoms with Gasteiger partial charge in [-0.25, -0.2) is 13.8 Å². The number of anilines is 1. The van der Waals surface area contributed by atoms with Gasteiger partial charge in [0.05, 0.1) is 11.4 Å². The molecular weight excluding hydrogens is 306 g/mol. The van der Waals surface area contributed by atoms with Crippen LogP contribution in [-0.4, -0.2) is 4.98 Å². The number of hydrogen-bond acceptors (Lipinski definition) is 3. The molecule has 1 aromatic heterocycles. The number of nitrogen functional groups attached to an aromatic ring is 1. The van der Waals surface area contributed by atoms with Crippen LogP contribution in [0.4, 0.5) is 14.5 Å². The summed E-state index contributed by atoms with van der Waals surface area (Å²) in [6.45, 7) is 1.76. The molecular formula is C12H9BrF2N2O. The molecule has 0 spiro atoms. The van der Waals surface area contributed by atoms with Crippen LogP contribution in [0, 0.1) is 18.6 Å². The Hall–Kier alpha value is -1.69. The third kappa shape index (κ3) is 2.59. The van der Waals surface area contributed by atoms with Gasteiger partial charge in [-0.15, -0.1) is 0 Å². The predicted molar refractivity (Wildman–Crippen MR) is 67.5 cm³/mol. The SMILES string of the molecule is Cc1nc(Oc2cc(F)c(N)cc2F)ccc1Br. The first kappa shape index (κ1) is 12.8. The summed E-state index contributed by atoms with van der Waals surface area (Å²) >= 11 is 3.28. The highest BCUT2D eigenvalue weighted by atomic mass is 79.9. The minimum Gasteiger partial charge on any atom is -0.436 e. The maximum Gasteiger partial charge on any atom is 0.219 e. The molecule has 0 aliphatic rings. The summed E-state index contributed by atoms with van der Waals surface area (Å²) < 4.78 is 32.7. The number of halogens is 3. The molecule has 0 amide bonds. The van der Waals surface area contributed by atoms with Gasteiger partial charge in [-0.2, -0.15) is 0 Å². The zero-order valence-corrected chi connectivity index (χ0v) is 11.0. The molecule has 0 bridgehead atoms. The van der Waals surface area contributed by atoms with Gasteiger partial charge < -0.3 is 10.5 Å². The van der Waals surface area contributed by atoms with Crippen molar-refractivity contribution in [3.63, 3.8) is 0 Å². The van der Waals surface area contributed by atoms with E-state index < -0.39 is 11.6 Å². The molecule has 2 rings (SSSR count). The molecule has 2 N–H and O–H groups in total. The van der Waals surface area contributed by atoms with Crippen molar-refractivity contribution in [2.24, 2.45) is 0 Å². The van der Waals surface area contributed by atoms with Crippen molar-refractivity contribution in [3.8, 4) is 11.6 Å². The minimum atomic E-state index is -0.740. The molecule has 1 aromatic carbocycles. The molecule has 0 saturated carbocycles. The number of aryl methyl sites for hydroxylation is 1. The van der Waals surface area contributed by atoms with Crippen molar-refractivity contribution in [2.75, 3.05) is 5.73 Å². The molecule has 18 heavy (non-hydrogen) atoms. The van der Waals surface area contributed by atoms with E-state index in [9.17, 15) is 8.78 Å². The summed E-state index contributed by atoms with van der Waals surface area (Å²) in [5.74, 6) is -1.55. The third-order valence-electron chi connectivity index (χ3n) is 2.26. The van der Waals surface area contributed by atoms with Crippen LogP contribution in [0.5, 0.6) is 11.6 Å². The van der Waals surface area contributed by atoms with E-state index >= 15 is 0 Å². The Kier molecular flexibility index (Phi) is 3.47. The number of aromatic nitrogens is 1. The van der Waals surface area contributed by atoms with E-state index in [0.717, 1.165) is 16.6 Å². The summed E-state index contributed by atoms with van der Waals surface area (Å²) in [6, 6.07) is 5.02. The van der Waals surface area contributed by atoms with Crippen molar-refractivity contribution >= 4 is 21.6 Å². The number of benzene rings is 1. The molecule has 6 heteroatoms. The quantitative estimate of drug-likeness (QED) is 0.858. The van der Waals surface area contributed by atoms with E-state index in [1.165, 1.54) is 0 Å². The van der Waals surface area contributed by atoms with Crippen LogP contribution in [0.1, 0.15) is 5.69 Å². The summed E-state index contributed by atoms with van der Waals surface area (Å²) in [7, 11) is 0. The lowest BCUT2D eigenvalue weighted by molar-refractivity contribution is 0.422.